The summed E-state index contributed by atoms with van der Waals surface area (Å²) in [6.45, 7) is 3.44. The SMILES string of the molecule is Cc1ccc2nc(-c3cc(NC(=S)NC(=O)c4ccc(N5CCCCC5)c([N+](=O)[O-])c4)ccc3O)oc2c1. The van der Waals surface area contributed by atoms with Gasteiger partial charge in [0, 0.05) is 30.4 Å². The van der Waals surface area contributed by atoms with Crippen LogP contribution in [0, 0.1) is 17.0 Å². The average molecular weight is 532 g/mol. The first-order valence-electron chi connectivity index (χ1n) is 12.1. The molecule has 194 valence electrons. The second-order valence-electron chi connectivity index (χ2n) is 9.14. The Morgan fingerprint density at radius 2 is 1.89 bits per heavy atom. The summed E-state index contributed by atoms with van der Waals surface area (Å²) in [5, 5.41) is 27.6. The number of hydrogen-bond donors (Lipinski definition) is 3. The van der Waals surface area contributed by atoms with Gasteiger partial charge in [-0.2, -0.15) is 0 Å². The van der Waals surface area contributed by atoms with Gasteiger partial charge in [0.2, 0.25) is 5.89 Å². The number of aryl methyl sites for hydroxylation is 1. The van der Waals surface area contributed by atoms with Gasteiger partial charge in [-0.3, -0.25) is 20.2 Å². The number of phenolic OH excluding ortho intramolecular Hbond substituents is 1. The number of fused-ring (bicyclic) bond motifs is 1. The quantitative estimate of drug-likeness (QED) is 0.131. The summed E-state index contributed by atoms with van der Waals surface area (Å²) in [6, 6.07) is 14.7. The van der Waals surface area contributed by atoms with E-state index in [0.29, 0.717) is 28.0 Å². The first kappa shape index (κ1) is 25.2. The molecule has 0 bridgehead atoms. The van der Waals surface area contributed by atoms with Gasteiger partial charge < -0.3 is 19.7 Å². The molecular formula is C27H25N5O5S. The number of phenols is 1. The van der Waals surface area contributed by atoms with E-state index in [4.69, 9.17) is 16.6 Å². The Morgan fingerprint density at radius 1 is 1.11 bits per heavy atom. The molecule has 1 fully saturated rings. The van der Waals surface area contributed by atoms with Crippen molar-refractivity contribution in [3.8, 4) is 17.2 Å². The number of aromatic hydroxyl groups is 1. The van der Waals surface area contributed by atoms with Crippen LogP contribution < -0.4 is 15.5 Å². The number of thiocarbonyl (C=S) groups is 1. The largest absolute Gasteiger partial charge is 0.507 e. The molecule has 1 amide bonds. The van der Waals surface area contributed by atoms with Crippen LogP contribution in [0.25, 0.3) is 22.6 Å². The first-order valence-corrected chi connectivity index (χ1v) is 12.6. The highest BCUT2D eigenvalue weighted by Crippen LogP contribution is 2.34. The number of benzene rings is 3. The molecule has 11 heteroatoms. The van der Waals surface area contributed by atoms with Gasteiger partial charge in [0.1, 0.15) is 17.0 Å². The minimum atomic E-state index is -0.580. The molecule has 38 heavy (non-hydrogen) atoms. The molecule has 1 aliphatic rings. The number of nitro benzene ring substituents is 1. The second kappa shape index (κ2) is 10.5. The van der Waals surface area contributed by atoms with Crippen molar-refractivity contribution in [3.05, 3.63) is 75.8 Å². The van der Waals surface area contributed by atoms with Crippen LogP contribution in [0.4, 0.5) is 17.1 Å². The fourth-order valence-electron chi connectivity index (χ4n) is 4.48. The lowest BCUT2D eigenvalue weighted by atomic mass is 10.1. The van der Waals surface area contributed by atoms with Crippen molar-refractivity contribution in [1.29, 1.82) is 0 Å². The Balaban J connectivity index is 1.31. The third-order valence-electron chi connectivity index (χ3n) is 6.39. The lowest BCUT2D eigenvalue weighted by molar-refractivity contribution is -0.384. The van der Waals surface area contributed by atoms with Crippen LogP contribution >= 0.6 is 12.2 Å². The molecule has 1 aliphatic heterocycles. The Hall–Kier alpha value is -4.51. The molecule has 5 rings (SSSR count). The van der Waals surface area contributed by atoms with Gasteiger partial charge in [0.05, 0.1) is 10.5 Å². The maximum Gasteiger partial charge on any atom is 0.293 e. The number of aromatic nitrogens is 1. The zero-order chi connectivity index (χ0) is 26.8. The van der Waals surface area contributed by atoms with E-state index in [9.17, 15) is 20.0 Å². The van der Waals surface area contributed by atoms with E-state index < -0.39 is 10.8 Å². The van der Waals surface area contributed by atoms with E-state index in [1.807, 2.05) is 30.0 Å². The van der Waals surface area contributed by atoms with Gasteiger partial charge in [-0.1, -0.05) is 6.07 Å². The minimum Gasteiger partial charge on any atom is -0.507 e. The Labute approximate surface area is 223 Å². The predicted molar refractivity (Wildman–Crippen MR) is 149 cm³/mol. The van der Waals surface area contributed by atoms with Crippen molar-refractivity contribution in [2.45, 2.75) is 26.2 Å². The normalized spacial score (nSPS) is 13.3. The number of nitro groups is 1. The van der Waals surface area contributed by atoms with E-state index >= 15 is 0 Å². The van der Waals surface area contributed by atoms with Crippen molar-refractivity contribution in [3.63, 3.8) is 0 Å². The lowest BCUT2D eigenvalue weighted by Crippen LogP contribution is -2.34. The summed E-state index contributed by atoms with van der Waals surface area (Å²) in [5.74, 6) is -0.373. The van der Waals surface area contributed by atoms with Gasteiger partial charge >= 0.3 is 0 Å². The highest BCUT2D eigenvalue weighted by atomic mass is 32.1. The predicted octanol–water partition coefficient (Wildman–Crippen LogP) is 5.53. The maximum absolute atomic E-state index is 12.8. The van der Waals surface area contributed by atoms with Crippen LogP contribution in [0.5, 0.6) is 5.75 Å². The highest BCUT2D eigenvalue weighted by molar-refractivity contribution is 7.80. The van der Waals surface area contributed by atoms with E-state index in [1.54, 1.807) is 24.3 Å². The molecule has 0 aliphatic carbocycles. The van der Waals surface area contributed by atoms with Crippen LogP contribution in [0.1, 0.15) is 35.2 Å². The van der Waals surface area contributed by atoms with Crippen LogP contribution in [0.2, 0.25) is 0 Å². The Morgan fingerprint density at radius 3 is 2.66 bits per heavy atom. The van der Waals surface area contributed by atoms with E-state index in [0.717, 1.165) is 37.9 Å². The third kappa shape index (κ3) is 5.28. The molecule has 0 atom stereocenters. The maximum atomic E-state index is 12.8. The molecule has 2 heterocycles. The van der Waals surface area contributed by atoms with Crippen LogP contribution in [-0.2, 0) is 0 Å². The summed E-state index contributed by atoms with van der Waals surface area (Å²) in [6.07, 6.45) is 3.06. The summed E-state index contributed by atoms with van der Waals surface area (Å²) >= 11 is 5.30. The lowest BCUT2D eigenvalue weighted by Gasteiger charge is -2.28. The summed E-state index contributed by atoms with van der Waals surface area (Å²) in [4.78, 5) is 30.5. The van der Waals surface area contributed by atoms with Crippen LogP contribution in [0.15, 0.2) is 59.0 Å². The molecule has 1 saturated heterocycles. The molecule has 3 N–H and O–H groups in total. The Bertz CT molecular complexity index is 1560. The van der Waals surface area contributed by atoms with E-state index in [1.165, 1.54) is 12.1 Å². The molecule has 0 spiro atoms. The number of oxazole rings is 1. The monoisotopic (exact) mass is 531 g/mol. The molecule has 0 unspecified atom stereocenters. The standard InChI is InChI=1S/C27H25N5O5S/c1-16-5-8-20-24(13-16)37-26(29-20)19-15-18(7-10-23(19)33)28-27(38)30-25(34)17-6-9-21(22(14-17)32(35)36)31-11-3-2-4-12-31/h5-10,13-15,33H,2-4,11-12H2,1H3,(H2,28,30,34,38). The summed E-state index contributed by atoms with van der Waals surface area (Å²) in [5.41, 5.74) is 3.62. The molecule has 4 aromatic rings. The third-order valence-corrected chi connectivity index (χ3v) is 6.59. The number of hydrogen-bond acceptors (Lipinski definition) is 8. The molecule has 1 aromatic heterocycles. The number of carbonyl (C=O) groups is 1. The fourth-order valence-corrected chi connectivity index (χ4v) is 4.69. The molecular weight excluding hydrogens is 506 g/mol. The fraction of sp³-hybridized carbons (Fsp3) is 0.222. The van der Waals surface area contributed by atoms with Gasteiger partial charge in [0.15, 0.2) is 10.7 Å². The van der Waals surface area contributed by atoms with Gasteiger partial charge in [-0.15, -0.1) is 0 Å². The van der Waals surface area contributed by atoms with Crippen molar-refractivity contribution in [2.75, 3.05) is 23.3 Å². The highest BCUT2D eigenvalue weighted by Gasteiger charge is 2.23. The van der Waals surface area contributed by atoms with Crippen molar-refractivity contribution >= 4 is 51.4 Å². The first-order chi connectivity index (χ1) is 18.3. The number of amides is 1. The van der Waals surface area contributed by atoms with Gasteiger partial charge in [0.25, 0.3) is 11.6 Å². The number of piperidine rings is 1. The van der Waals surface area contributed by atoms with Crippen LogP contribution in [0.3, 0.4) is 0 Å². The average Bonchev–Trinajstić information content (AvgIpc) is 3.32. The smallest absolute Gasteiger partial charge is 0.293 e. The zero-order valence-corrected chi connectivity index (χ0v) is 21.4. The molecule has 0 saturated carbocycles. The molecule has 10 nitrogen and oxygen atoms in total. The number of carbonyl (C=O) groups excluding carboxylic acids is 1. The summed E-state index contributed by atoms with van der Waals surface area (Å²) in [7, 11) is 0. The zero-order valence-electron chi connectivity index (χ0n) is 20.6. The van der Waals surface area contributed by atoms with Gasteiger partial charge in [-0.25, -0.2) is 4.98 Å². The summed E-state index contributed by atoms with van der Waals surface area (Å²) < 4.78 is 5.82. The second-order valence-corrected chi connectivity index (χ2v) is 9.55. The van der Waals surface area contributed by atoms with Gasteiger partial charge in [-0.05, 0) is 86.4 Å². The van der Waals surface area contributed by atoms with E-state index in [2.05, 4.69) is 15.6 Å². The minimum absolute atomic E-state index is 0.0115. The number of nitrogens with one attached hydrogen (secondary N) is 2. The van der Waals surface area contributed by atoms with Crippen molar-refractivity contribution < 1.29 is 19.2 Å². The van der Waals surface area contributed by atoms with Crippen molar-refractivity contribution in [2.24, 2.45) is 0 Å². The topological polar surface area (TPSA) is 134 Å². The Kier molecular flexibility index (Phi) is 6.93. The molecule has 0 radical (unpaired) electrons. The number of rotatable bonds is 5. The number of nitrogens with zero attached hydrogens (tertiary/aromatic N) is 3. The number of anilines is 2. The van der Waals surface area contributed by atoms with E-state index in [-0.39, 0.29) is 28.0 Å². The van der Waals surface area contributed by atoms with Crippen molar-refractivity contribution in [1.82, 2.24) is 10.3 Å². The molecule has 3 aromatic carbocycles. The van der Waals surface area contributed by atoms with Crippen LogP contribution in [-0.4, -0.2) is 39.1 Å².